The number of benzene rings is 1. The van der Waals surface area contributed by atoms with E-state index in [1.807, 2.05) is 18.2 Å². The van der Waals surface area contributed by atoms with Gasteiger partial charge >= 0.3 is 0 Å². The van der Waals surface area contributed by atoms with Gasteiger partial charge in [-0.1, -0.05) is 12.1 Å². The molecule has 0 aliphatic carbocycles. The van der Waals surface area contributed by atoms with E-state index in [9.17, 15) is 4.39 Å². The van der Waals surface area contributed by atoms with Crippen LogP contribution in [0.3, 0.4) is 0 Å². The van der Waals surface area contributed by atoms with Crippen LogP contribution in [0, 0.1) is 0 Å². The molecule has 0 aromatic heterocycles. The minimum absolute atomic E-state index is 0.208. The van der Waals surface area contributed by atoms with Gasteiger partial charge in [0.25, 0.3) is 0 Å². The van der Waals surface area contributed by atoms with Crippen molar-refractivity contribution in [2.75, 3.05) is 6.54 Å². The number of rotatable bonds is 0. The van der Waals surface area contributed by atoms with Crippen LogP contribution in [0.25, 0.3) is 0 Å². The van der Waals surface area contributed by atoms with Crippen LogP contribution in [0.2, 0.25) is 0 Å². The van der Waals surface area contributed by atoms with Gasteiger partial charge in [-0.3, -0.25) is 5.32 Å². The summed E-state index contributed by atoms with van der Waals surface area (Å²) in [5, 5.41) is 2.68. The zero-order chi connectivity index (χ0) is 9.54. The molecular formula is C10H10FNO2. The number of hydrogen-bond donors (Lipinski definition) is 1. The van der Waals surface area contributed by atoms with Crippen LogP contribution in [0.1, 0.15) is 0 Å². The Morgan fingerprint density at radius 3 is 2.71 bits per heavy atom. The maximum atomic E-state index is 13.2. The molecule has 74 valence electrons. The van der Waals surface area contributed by atoms with Crippen molar-refractivity contribution in [2.24, 2.45) is 0 Å². The summed E-state index contributed by atoms with van der Waals surface area (Å²) in [6, 6.07) is 7.34. The molecule has 1 aromatic carbocycles. The number of fused-ring (bicyclic) bond motifs is 2. The highest BCUT2D eigenvalue weighted by molar-refractivity contribution is 5.41. The summed E-state index contributed by atoms with van der Waals surface area (Å²) < 4.78 is 24.3. The summed E-state index contributed by atoms with van der Waals surface area (Å²) in [6.45, 7) is 0.500. The number of nitrogens with one attached hydrogen (secondary N) is 1. The van der Waals surface area contributed by atoms with Gasteiger partial charge in [-0.05, 0) is 12.1 Å². The largest absolute Gasteiger partial charge is 0.481 e. The lowest BCUT2D eigenvalue weighted by atomic mass is 10.2. The van der Waals surface area contributed by atoms with Gasteiger partial charge in [-0.25, -0.2) is 4.39 Å². The smallest absolute Gasteiger partial charge is 0.192 e. The van der Waals surface area contributed by atoms with Gasteiger partial charge in [0.05, 0.1) is 0 Å². The van der Waals surface area contributed by atoms with E-state index < -0.39 is 12.4 Å². The molecule has 1 N–H and O–H groups in total. The normalized spacial score (nSPS) is 33.9. The molecule has 0 saturated carbocycles. The third-order valence-electron chi connectivity index (χ3n) is 2.56. The van der Waals surface area contributed by atoms with E-state index in [1.54, 1.807) is 6.07 Å². The monoisotopic (exact) mass is 195 g/mol. The average molecular weight is 195 g/mol. The highest BCUT2D eigenvalue weighted by Crippen LogP contribution is 2.35. The maximum Gasteiger partial charge on any atom is 0.192 e. The molecule has 14 heavy (non-hydrogen) atoms. The van der Waals surface area contributed by atoms with E-state index in [0.29, 0.717) is 18.0 Å². The average Bonchev–Trinajstić information content (AvgIpc) is 2.57. The van der Waals surface area contributed by atoms with Gasteiger partial charge in [0.1, 0.15) is 0 Å². The molecule has 3 rings (SSSR count). The Kier molecular flexibility index (Phi) is 1.64. The lowest BCUT2D eigenvalue weighted by Gasteiger charge is -2.29. The number of ether oxygens (including phenoxy) is 2. The van der Waals surface area contributed by atoms with Crippen LogP contribution < -0.4 is 14.8 Å². The van der Waals surface area contributed by atoms with Crippen molar-refractivity contribution in [3.63, 3.8) is 0 Å². The van der Waals surface area contributed by atoms with Crippen molar-refractivity contribution in [3.05, 3.63) is 24.3 Å². The molecule has 4 heteroatoms. The van der Waals surface area contributed by atoms with E-state index >= 15 is 0 Å². The van der Waals surface area contributed by atoms with Gasteiger partial charge in [0.2, 0.25) is 0 Å². The van der Waals surface area contributed by atoms with E-state index in [2.05, 4.69) is 5.32 Å². The first kappa shape index (κ1) is 8.05. The highest BCUT2D eigenvalue weighted by atomic mass is 19.1. The molecule has 0 bridgehead atoms. The summed E-state index contributed by atoms with van der Waals surface area (Å²) in [7, 11) is 0. The number of alkyl halides is 1. The summed E-state index contributed by atoms with van der Waals surface area (Å²) in [5.41, 5.74) is 0. The quantitative estimate of drug-likeness (QED) is 0.629. The zero-order valence-corrected chi connectivity index (χ0v) is 7.44. The molecule has 3 atom stereocenters. The minimum atomic E-state index is -1.13. The number of para-hydroxylation sites is 2. The van der Waals surface area contributed by atoms with Crippen LogP contribution in [0.5, 0.6) is 11.5 Å². The second-order valence-electron chi connectivity index (χ2n) is 3.50. The van der Waals surface area contributed by atoms with Crippen LogP contribution >= 0.6 is 0 Å². The van der Waals surface area contributed by atoms with Crippen molar-refractivity contribution >= 4 is 0 Å². The predicted octanol–water partition coefficient (Wildman–Crippen LogP) is 1.09. The fourth-order valence-corrected chi connectivity index (χ4v) is 1.85. The molecule has 2 heterocycles. The van der Waals surface area contributed by atoms with Crippen molar-refractivity contribution in [3.8, 4) is 11.5 Å². The molecule has 0 radical (unpaired) electrons. The Morgan fingerprint density at radius 1 is 1.21 bits per heavy atom. The lowest BCUT2D eigenvalue weighted by Crippen LogP contribution is -2.41. The molecular weight excluding hydrogens is 185 g/mol. The number of hydrogen-bond acceptors (Lipinski definition) is 3. The van der Waals surface area contributed by atoms with Crippen molar-refractivity contribution in [1.82, 2.24) is 5.32 Å². The Balaban J connectivity index is 1.95. The Bertz CT molecular complexity index is 358. The highest BCUT2D eigenvalue weighted by Gasteiger charge is 2.43. The second kappa shape index (κ2) is 2.85. The fourth-order valence-electron chi connectivity index (χ4n) is 1.85. The first-order valence-corrected chi connectivity index (χ1v) is 4.64. The van der Waals surface area contributed by atoms with Crippen molar-refractivity contribution < 1.29 is 13.9 Å². The molecule has 1 saturated heterocycles. The molecule has 3 unspecified atom stereocenters. The van der Waals surface area contributed by atoms with Gasteiger partial charge in [0, 0.05) is 6.54 Å². The van der Waals surface area contributed by atoms with Gasteiger partial charge in [-0.15, -0.1) is 0 Å². The van der Waals surface area contributed by atoms with Crippen LogP contribution in [-0.4, -0.2) is 25.0 Å². The zero-order valence-electron chi connectivity index (χ0n) is 7.44. The van der Waals surface area contributed by atoms with Crippen molar-refractivity contribution in [2.45, 2.75) is 18.5 Å². The standard InChI is InChI=1S/C10H10FNO2/c11-10-9-8(5-12-10)13-6-3-1-2-4-7(6)14-9/h1-4,8-10,12H,5H2. The lowest BCUT2D eigenvalue weighted by molar-refractivity contribution is 0.0137. The van der Waals surface area contributed by atoms with Gasteiger partial charge in [0.15, 0.2) is 30.0 Å². The van der Waals surface area contributed by atoms with E-state index in [-0.39, 0.29) is 6.10 Å². The Labute approximate surface area is 80.8 Å². The first-order chi connectivity index (χ1) is 6.84. The molecule has 2 aliphatic heterocycles. The molecule has 3 nitrogen and oxygen atoms in total. The van der Waals surface area contributed by atoms with Crippen LogP contribution in [0.4, 0.5) is 4.39 Å². The van der Waals surface area contributed by atoms with Crippen molar-refractivity contribution in [1.29, 1.82) is 0 Å². The van der Waals surface area contributed by atoms with E-state index in [4.69, 9.17) is 9.47 Å². The molecule has 0 spiro atoms. The molecule has 2 aliphatic rings. The maximum absolute atomic E-state index is 13.2. The van der Waals surface area contributed by atoms with Gasteiger partial charge in [-0.2, -0.15) is 0 Å². The predicted molar refractivity (Wildman–Crippen MR) is 48.2 cm³/mol. The number of halogens is 1. The topological polar surface area (TPSA) is 30.5 Å². The summed E-state index contributed by atoms with van der Waals surface area (Å²) in [5.74, 6) is 1.32. The van der Waals surface area contributed by atoms with Gasteiger partial charge < -0.3 is 9.47 Å². The SMILES string of the molecule is FC1NCC2Oc3ccccc3OC12. The van der Waals surface area contributed by atoms with Crippen LogP contribution in [-0.2, 0) is 0 Å². The molecule has 1 aromatic rings. The second-order valence-corrected chi connectivity index (χ2v) is 3.50. The van der Waals surface area contributed by atoms with E-state index in [0.717, 1.165) is 0 Å². The summed E-state index contributed by atoms with van der Waals surface area (Å²) in [4.78, 5) is 0. The summed E-state index contributed by atoms with van der Waals surface area (Å²) in [6.07, 6.45) is -1.85. The Morgan fingerprint density at radius 2 is 1.93 bits per heavy atom. The first-order valence-electron chi connectivity index (χ1n) is 4.64. The van der Waals surface area contributed by atoms with E-state index in [1.165, 1.54) is 0 Å². The fraction of sp³-hybridized carbons (Fsp3) is 0.400. The summed E-state index contributed by atoms with van der Waals surface area (Å²) >= 11 is 0. The minimum Gasteiger partial charge on any atom is -0.481 e. The molecule has 1 fully saturated rings. The third-order valence-corrected chi connectivity index (χ3v) is 2.56. The third kappa shape index (κ3) is 1.07. The van der Waals surface area contributed by atoms with Crippen LogP contribution in [0.15, 0.2) is 24.3 Å². The molecule has 0 amide bonds. The Hall–Kier alpha value is -1.29.